The van der Waals surface area contributed by atoms with E-state index >= 15 is 0 Å². The van der Waals surface area contributed by atoms with Gasteiger partial charge in [0.1, 0.15) is 18.1 Å². The van der Waals surface area contributed by atoms with Gasteiger partial charge in [-0.2, -0.15) is 0 Å². The van der Waals surface area contributed by atoms with Crippen molar-refractivity contribution in [2.45, 2.75) is 25.0 Å². The first-order chi connectivity index (χ1) is 17.8. The number of aliphatic hydroxyl groups excluding tert-OH is 1. The molecule has 3 atom stereocenters. The molecule has 1 heterocycles. The molecule has 1 fully saturated rings. The van der Waals surface area contributed by atoms with Crippen LogP contribution >= 0.6 is 0 Å². The summed E-state index contributed by atoms with van der Waals surface area (Å²) >= 11 is 0. The molecule has 192 valence electrons. The van der Waals surface area contributed by atoms with Gasteiger partial charge in [-0.3, -0.25) is 14.4 Å². The molecule has 0 spiro atoms. The number of amides is 2. The number of carboxylic acid groups (broad SMARTS) is 1. The first-order valence-corrected chi connectivity index (χ1v) is 11.9. The Morgan fingerprint density at radius 2 is 1.68 bits per heavy atom. The van der Waals surface area contributed by atoms with E-state index in [-0.39, 0.29) is 30.3 Å². The zero-order chi connectivity index (χ0) is 26.4. The van der Waals surface area contributed by atoms with E-state index in [1.807, 2.05) is 42.5 Å². The van der Waals surface area contributed by atoms with Gasteiger partial charge in [-0.05, 0) is 60.4 Å². The molecule has 1 aliphatic rings. The van der Waals surface area contributed by atoms with Crippen LogP contribution in [0.15, 0.2) is 78.9 Å². The molecular weight excluding hydrogens is 479 g/mol. The van der Waals surface area contributed by atoms with Crippen molar-refractivity contribution in [1.29, 1.82) is 0 Å². The third-order valence-corrected chi connectivity index (χ3v) is 6.28. The zero-order valence-electron chi connectivity index (χ0n) is 19.9. The molecule has 0 aliphatic carbocycles. The number of carboxylic acids is 1. The molecule has 3 N–H and O–H groups in total. The SMILES string of the molecule is O=C(O)CNC(=O)COc1ccc(C2C(CCC(O)c3ccc(F)cc3)C(=O)N2c2ccccc2)cc1. The standard InChI is InChI=1S/C28H27FN2O6/c29-20-10-6-18(7-11-20)24(32)15-14-23-27(31(28(23)36)21-4-2-1-3-5-21)19-8-12-22(13-9-19)37-17-25(33)30-16-26(34)35/h1-13,23-24,27,32H,14-17H2,(H,30,33)(H,34,35). The van der Waals surface area contributed by atoms with E-state index in [2.05, 4.69) is 5.32 Å². The number of halogens is 1. The second-order valence-electron chi connectivity index (χ2n) is 8.77. The number of anilines is 1. The number of nitrogens with one attached hydrogen (secondary N) is 1. The number of rotatable bonds is 11. The van der Waals surface area contributed by atoms with Crippen molar-refractivity contribution in [3.8, 4) is 5.75 Å². The van der Waals surface area contributed by atoms with Gasteiger partial charge in [0, 0.05) is 5.69 Å². The number of aliphatic carboxylic acids is 1. The van der Waals surface area contributed by atoms with E-state index in [0.717, 1.165) is 11.3 Å². The molecule has 0 radical (unpaired) electrons. The normalized spacial score (nSPS) is 17.6. The van der Waals surface area contributed by atoms with Crippen molar-refractivity contribution < 1.29 is 33.7 Å². The van der Waals surface area contributed by atoms with E-state index in [0.29, 0.717) is 24.2 Å². The molecule has 3 unspecified atom stereocenters. The molecule has 3 aromatic rings. The van der Waals surface area contributed by atoms with E-state index in [9.17, 15) is 23.9 Å². The van der Waals surface area contributed by atoms with Gasteiger partial charge in [0.2, 0.25) is 5.91 Å². The number of hydrogen-bond donors (Lipinski definition) is 3. The summed E-state index contributed by atoms with van der Waals surface area (Å²) in [5.41, 5.74) is 2.23. The monoisotopic (exact) mass is 506 g/mol. The van der Waals surface area contributed by atoms with Crippen LogP contribution in [0, 0.1) is 11.7 Å². The second kappa shape index (κ2) is 11.7. The number of benzene rings is 3. The Morgan fingerprint density at radius 1 is 1.00 bits per heavy atom. The van der Waals surface area contributed by atoms with E-state index in [4.69, 9.17) is 9.84 Å². The summed E-state index contributed by atoms with van der Waals surface area (Å²) in [6.45, 7) is -0.808. The van der Waals surface area contributed by atoms with Crippen molar-refractivity contribution >= 4 is 23.5 Å². The lowest BCUT2D eigenvalue weighted by atomic mass is 9.78. The highest BCUT2D eigenvalue weighted by Gasteiger charge is 2.48. The number of aliphatic hydroxyl groups is 1. The predicted molar refractivity (Wildman–Crippen MR) is 133 cm³/mol. The molecule has 37 heavy (non-hydrogen) atoms. The molecule has 1 saturated heterocycles. The van der Waals surface area contributed by atoms with Crippen molar-refractivity contribution in [3.63, 3.8) is 0 Å². The molecule has 0 aromatic heterocycles. The van der Waals surface area contributed by atoms with E-state index in [1.165, 1.54) is 24.3 Å². The van der Waals surface area contributed by atoms with Gasteiger partial charge in [-0.1, -0.05) is 42.5 Å². The van der Waals surface area contributed by atoms with Crippen LogP contribution in [0.1, 0.15) is 36.1 Å². The van der Waals surface area contributed by atoms with Crippen LogP contribution in [-0.4, -0.2) is 41.1 Å². The maximum atomic E-state index is 13.2. The summed E-state index contributed by atoms with van der Waals surface area (Å²) < 4.78 is 18.7. The Balaban J connectivity index is 1.45. The van der Waals surface area contributed by atoms with Gasteiger partial charge in [0.15, 0.2) is 6.61 Å². The maximum Gasteiger partial charge on any atom is 0.322 e. The van der Waals surface area contributed by atoms with Crippen LogP contribution in [-0.2, 0) is 14.4 Å². The van der Waals surface area contributed by atoms with Gasteiger partial charge < -0.3 is 25.2 Å². The summed E-state index contributed by atoms with van der Waals surface area (Å²) in [4.78, 5) is 37.1. The fourth-order valence-corrected chi connectivity index (χ4v) is 4.41. The number of hydrogen-bond acceptors (Lipinski definition) is 5. The Labute approximate surface area is 213 Å². The third-order valence-electron chi connectivity index (χ3n) is 6.28. The Kier molecular flexibility index (Phi) is 8.15. The molecule has 2 amide bonds. The van der Waals surface area contributed by atoms with Crippen LogP contribution in [0.4, 0.5) is 10.1 Å². The largest absolute Gasteiger partial charge is 0.484 e. The smallest absolute Gasteiger partial charge is 0.322 e. The Morgan fingerprint density at radius 3 is 2.32 bits per heavy atom. The quantitative estimate of drug-likeness (QED) is 0.342. The topological polar surface area (TPSA) is 116 Å². The minimum absolute atomic E-state index is 0.0436. The second-order valence-corrected chi connectivity index (χ2v) is 8.77. The molecule has 9 heteroatoms. The van der Waals surface area contributed by atoms with Gasteiger partial charge in [-0.25, -0.2) is 4.39 Å². The molecular formula is C28H27FN2O6. The summed E-state index contributed by atoms with van der Waals surface area (Å²) in [6.07, 6.45) is -0.0378. The number of para-hydroxylation sites is 1. The number of β-lactam (4-membered cyclic amide) rings is 1. The van der Waals surface area contributed by atoms with Crippen molar-refractivity contribution in [2.75, 3.05) is 18.1 Å². The van der Waals surface area contributed by atoms with E-state index < -0.39 is 24.5 Å². The highest BCUT2D eigenvalue weighted by Crippen LogP contribution is 2.46. The molecule has 3 aromatic carbocycles. The molecule has 1 aliphatic heterocycles. The van der Waals surface area contributed by atoms with Gasteiger partial charge >= 0.3 is 5.97 Å². The Bertz CT molecular complexity index is 1230. The minimum Gasteiger partial charge on any atom is -0.484 e. The van der Waals surface area contributed by atoms with Gasteiger partial charge in [0.05, 0.1) is 18.1 Å². The molecule has 0 bridgehead atoms. The van der Waals surface area contributed by atoms with Crippen LogP contribution in [0.25, 0.3) is 0 Å². The average molecular weight is 507 g/mol. The van der Waals surface area contributed by atoms with Crippen LogP contribution in [0.5, 0.6) is 5.75 Å². The number of nitrogens with zero attached hydrogens (tertiary/aromatic N) is 1. The molecule has 8 nitrogen and oxygen atoms in total. The lowest BCUT2D eigenvalue weighted by molar-refractivity contribution is -0.138. The van der Waals surface area contributed by atoms with Crippen LogP contribution in [0.3, 0.4) is 0 Å². The lowest BCUT2D eigenvalue weighted by Gasteiger charge is -2.48. The fourth-order valence-electron chi connectivity index (χ4n) is 4.41. The highest BCUT2D eigenvalue weighted by atomic mass is 19.1. The summed E-state index contributed by atoms with van der Waals surface area (Å²) in [7, 11) is 0. The van der Waals surface area contributed by atoms with Crippen molar-refractivity contribution in [2.24, 2.45) is 5.92 Å². The first kappa shape index (κ1) is 25.8. The minimum atomic E-state index is -1.14. The third kappa shape index (κ3) is 6.31. The zero-order valence-corrected chi connectivity index (χ0v) is 19.9. The predicted octanol–water partition coefficient (Wildman–Crippen LogP) is 3.62. The van der Waals surface area contributed by atoms with Crippen molar-refractivity contribution in [3.05, 3.63) is 95.8 Å². The lowest BCUT2D eigenvalue weighted by Crippen LogP contribution is -2.55. The van der Waals surface area contributed by atoms with Crippen LogP contribution in [0.2, 0.25) is 0 Å². The van der Waals surface area contributed by atoms with Gasteiger partial charge in [0.25, 0.3) is 5.91 Å². The summed E-state index contributed by atoms with van der Waals surface area (Å²) in [6, 6.07) is 21.8. The fraction of sp³-hybridized carbons (Fsp3) is 0.250. The molecule has 4 rings (SSSR count). The highest BCUT2D eigenvalue weighted by molar-refractivity contribution is 6.03. The van der Waals surface area contributed by atoms with E-state index in [1.54, 1.807) is 17.0 Å². The summed E-state index contributed by atoms with van der Waals surface area (Å²) in [5, 5.41) is 21.4. The first-order valence-electron chi connectivity index (χ1n) is 11.9. The number of ether oxygens (including phenoxy) is 1. The number of carbonyl (C=O) groups excluding carboxylic acids is 2. The average Bonchev–Trinajstić information content (AvgIpc) is 2.90. The molecule has 0 saturated carbocycles. The van der Waals surface area contributed by atoms with Crippen LogP contribution < -0.4 is 15.0 Å². The maximum absolute atomic E-state index is 13.2. The Hall–Kier alpha value is -4.24. The van der Waals surface area contributed by atoms with Crippen molar-refractivity contribution in [1.82, 2.24) is 5.32 Å². The van der Waals surface area contributed by atoms with Gasteiger partial charge in [-0.15, -0.1) is 0 Å². The summed E-state index contributed by atoms with van der Waals surface area (Å²) in [5.74, 6) is -2.05. The number of carbonyl (C=O) groups is 3.